The van der Waals surface area contributed by atoms with Crippen LogP contribution in [0.5, 0.6) is 0 Å². The Bertz CT molecular complexity index is 460. The van der Waals surface area contributed by atoms with Gasteiger partial charge in [-0.15, -0.1) is 0 Å². The Labute approximate surface area is 81.1 Å². The van der Waals surface area contributed by atoms with Gasteiger partial charge in [-0.2, -0.15) is 0 Å². The van der Waals surface area contributed by atoms with Crippen LogP contribution in [0.15, 0.2) is 30.3 Å². The summed E-state index contributed by atoms with van der Waals surface area (Å²) in [6.45, 7) is 0. The minimum absolute atomic E-state index is 0.592. The quantitative estimate of drug-likeness (QED) is 0.631. The molecule has 0 amide bonds. The molecule has 0 heterocycles. The van der Waals surface area contributed by atoms with Gasteiger partial charge in [0.15, 0.2) is 0 Å². The molecule has 0 spiro atoms. The van der Waals surface area contributed by atoms with Crippen molar-refractivity contribution in [3.63, 3.8) is 0 Å². The zero-order valence-corrected chi connectivity index (χ0v) is 7.68. The Morgan fingerprint density at radius 1 is 1.00 bits per heavy atom. The third-order valence-corrected chi connectivity index (χ3v) is 2.29. The van der Waals surface area contributed by atoms with E-state index in [0.717, 1.165) is 10.8 Å². The van der Waals surface area contributed by atoms with Gasteiger partial charge in [0.25, 0.3) is 0 Å². The number of nitrogen functional groups attached to an aromatic ring is 2. The molecular weight excluding hydrogens is 184 g/mol. The fourth-order valence-corrected chi connectivity index (χ4v) is 1.50. The number of rotatable bonds is 0. The van der Waals surface area contributed by atoms with Crippen molar-refractivity contribution >= 4 is 33.7 Å². The molecule has 0 saturated carbocycles. The van der Waals surface area contributed by atoms with E-state index in [1.54, 1.807) is 6.07 Å². The number of halogens is 1. The van der Waals surface area contributed by atoms with Crippen LogP contribution in [0.3, 0.4) is 0 Å². The fourth-order valence-electron chi connectivity index (χ4n) is 1.33. The molecule has 3 heteroatoms. The first-order valence-corrected chi connectivity index (χ1v) is 4.29. The van der Waals surface area contributed by atoms with Crippen molar-refractivity contribution in [3.8, 4) is 0 Å². The molecule has 2 aromatic carbocycles. The van der Waals surface area contributed by atoms with Crippen LogP contribution in [0.2, 0.25) is 5.02 Å². The summed E-state index contributed by atoms with van der Waals surface area (Å²) < 4.78 is 0. The summed E-state index contributed by atoms with van der Waals surface area (Å²) in [4.78, 5) is 0. The summed E-state index contributed by atoms with van der Waals surface area (Å²) >= 11 is 5.85. The first kappa shape index (κ1) is 8.20. The highest BCUT2D eigenvalue weighted by molar-refractivity contribution is 6.31. The Kier molecular flexibility index (Phi) is 1.78. The number of hydrogen-bond donors (Lipinski definition) is 2. The molecule has 2 rings (SSSR count). The molecule has 0 saturated heterocycles. The van der Waals surface area contributed by atoms with Crippen molar-refractivity contribution in [2.24, 2.45) is 0 Å². The summed E-state index contributed by atoms with van der Waals surface area (Å²) in [6, 6.07) is 9.30. The average molecular weight is 193 g/mol. The molecule has 2 aromatic rings. The summed E-state index contributed by atoms with van der Waals surface area (Å²) in [6.07, 6.45) is 0. The predicted octanol–water partition coefficient (Wildman–Crippen LogP) is 2.66. The van der Waals surface area contributed by atoms with E-state index in [1.807, 2.05) is 24.3 Å². The smallest absolute Gasteiger partial charge is 0.0627 e. The molecule has 0 radical (unpaired) electrons. The van der Waals surface area contributed by atoms with Crippen LogP contribution >= 0.6 is 11.6 Å². The molecule has 4 N–H and O–H groups in total. The molecule has 0 aliphatic rings. The summed E-state index contributed by atoms with van der Waals surface area (Å²) in [5.41, 5.74) is 12.7. The topological polar surface area (TPSA) is 52.0 Å². The summed E-state index contributed by atoms with van der Waals surface area (Å²) in [5, 5.41) is 2.63. The van der Waals surface area contributed by atoms with Gasteiger partial charge in [0.05, 0.1) is 11.4 Å². The normalized spacial score (nSPS) is 10.5. The Morgan fingerprint density at radius 2 is 1.69 bits per heavy atom. The van der Waals surface area contributed by atoms with E-state index in [2.05, 4.69) is 0 Å². The van der Waals surface area contributed by atoms with Crippen LogP contribution in [0, 0.1) is 0 Å². The lowest BCUT2D eigenvalue weighted by molar-refractivity contribution is 1.70. The highest BCUT2D eigenvalue weighted by Gasteiger charge is 2.01. The average Bonchev–Trinajstić information content (AvgIpc) is 2.12. The van der Waals surface area contributed by atoms with Gasteiger partial charge in [-0.1, -0.05) is 23.7 Å². The molecule has 0 bridgehead atoms. The van der Waals surface area contributed by atoms with E-state index < -0.39 is 0 Å². The van der Waals surface area contributed by atoms with Gasteiger partial charge in [-0.05, 0) is 23.6 Å². The van der Waals surface area contributed by atoms with Crippen LogP contribution in [-0.4, -0.2) is 0 Å². The predicted molar refractivity (Wildman–Crippen MR) is 57.8 cm³/mol. The molecule has 2 nitrogen and oxygen atoms in total. The molecule has 66 valence electrons. The van der Waals surface area contributed by atoms with Crippen molar-refractivity contribution in [2.75, 3.05) is 11.5 Å². The maximum atomic E-state index is 5.85. The van der Waals surface area contributed by atoms with Gasteiger partial charge in [0.2, 0.25) is 0 Å². The van der Waals surface area contributed by atoms with Crippen LogP contribution in [0.25, 0.3) is 10.8 Å². The van der Waals surface area contributed by atoms with Crippen molar-refractivity contribution < 1.29 is 0 Å². The highest BCUT2D eigenvalue weighted by Crippen LogP contribution is 2.28. The summed E-state index contributed by atoms with van der Waals surface area (Å²) in [7, 11) is 0. The van der Waals surface area contributed by atoms with E-state index in [4.69, 9.17) is 23.1 Å². The molecule has 0 atom stereocenters. The van der Waals surface area contributed by atoms with Crippen molar-refractivity contribution in [1.82, 2.24) is 0 Å². The first-order valence-electron chi connectivity index (χ1n) is 3.92. The van der Waals surface area contributed by atoms with Crippen LogP contribution in [-0.2, 0) is 0 Å². The lowest BCUT2D eigenvalue weighted by Gasteiger charge is -2.05. The molecular formula is C10H9ClN2. The van der Waals surface area contributed by atoms with Gasteiger partial charge in [-0.25, -0.2) is 0 Å². The maximum absolute atomic E-state index is 5.85. The molecule has 0 aliphatic heterocycles. The number of benzene rings is 2. The number of anilines is 2. The molecule has 0 aliphatic carbocycles. The SMILES string of the molecule is Nc1ccc2ccc(Cl)cc2c1N. The van der Waals surface area contributed by atoms with Crippen molar-refractivity contribution in [1.29, 1.82) is 0 Å². The monoisotopic (exact) mass is 192 g/mol. The minimum atomic E-state index is 0.592. The Balaban J connectivity index is 2.89. The van der Waals surface area contributed by atoms with E-state index in [-0.39, 0.29) is 0 Å². The van der Waals surface area contributed by atoms with Crippen LogP contribution in [0.4, 0.5) is 11.4 Å². The standard InChI is InChI=1S/C10H9ClN2/c11-7-3-1-6-2-4-9(12)10(13)8(6)5-7/h1-5H,12-13H2. The summed E-state index contributed by atoms with van der Waals surface area (Å²) in [5.74, 6) is 0. The number of nitrogens with two attached hydrogens (primary N) is 2. The lowest BCUT2D eigenvalue weighted by Crippen LogP contribution is -1.94. The lowest BCUT2D eigenvalue weighted by atomic mass is 10.1. The Morgan fingerprint density at radius 3 is 2.46 bits per heavy atom. The van der Waals surface area contributed by atoms with Crippen LogP contribution < -0.4 is 11.5 Å². The van der Waals surface area contributed by atoms with E-state index in [0.29, 0.717) is 16.4 Å². The van der Waals surface area contributed by atoms with Gasteiger partial charge >= 0.3 is 0 Å². The number of hydrogen-bond acceptors (Lipinski definition) is 2. The highest BCUT2D eigenvalue weighted by atomic mass is 35.5. The molecule has 0 unspecified atom stereocenters. The molecule has 0 aromatic heterocycles. The van der Waals surface area contributed by atoms with Gasteiger partial charge in [-0.3, -0.25) is 0 Å². The van der Waals surface area contributed by atoms with Gasteiger partial charge < -0.3 is 11.5 Å². The second kappa shape index (κ2) is 2.82. The number of fused-ring (bicyclic) bond motifs is 1. The van der Waals surface area contributed by atoms with Gasteiger partial charge in [0.1, 0.15) is 0 Å². The molecule has 0 fully saturated rings. The zero-order valence-electron chi connectivity index (χ0n) is 6.92. The van der Waals surface area contributed by atoms with Crippen LogP contribution in [0.1, 0.15) is 0 Å². The minimum Gasteiger partial charge on any atom is -0.397 e. The van der Waals surface area contributed by atoms with E-state index in [1.165, 1.54) is 0 Å². The van der Waals surface area contributed by atoms with Crippen molar-refractivity contribution in [3.05, 3.63) is 35.4 Å². The molecule has 13 heavy (non-hydrogen) atoms. The second-order valence-corrected chi connectivity index (χ2v) is 3.37. The second-order valence-electron chi connectivity index (χ2n) is 2.93. The third kappa shape index (κ3) is 1.29. The van der Waals surface area contributed by atoms with Gasteiger partial charge in [0, 0.05) is 10.4 Å². The van der Waals surface area contributed by atoms with E-state index >= 15 is 0 Å². The zero-order chi connectivity index (χ0) is 9.42. The third-order valence-electron chi connectivity index (χ3n) is 2.06. The first-order chi connectivity index (χ1) is 6.18. The fraction of sp³-hybridized carbons (Fsp3) is 0. The largest absolute Gasteiger partial charge is 0.397 e. The maximum Gasteiger partial charge on any atom is 0.0627 e. The van der Waals surface area contributed by atoms with E-state index in [9.17, 15) is 0 Å². The Hall–Kier alpha value is -1.41. The van der Waals surface area contributed by atoms with Crippen molar-refractivity contribution in [2.45, 2.75) is 0 Å².